The van der Waals surface area contributed by atoms with E-state index in [-0.39, 0.29) is 11.5 Å². The summed E-state index contributed by atoms with van der Waals surface area (Å²) in [7, 11) is 3.92. The SMILES string of the molecule is CN(C)CC12NC(=O)C(Cc3c1[nH]c1ccccc31)n1c2nc2ccccc2c1=O. The molecule has 2 unspecified atom stereocenters. The van der Waals surface area contributed by atoms with Crippen molar-refractivity contribution >= 4 is 27.7 Å². The molecule has 3 aliphatic heterocycles. The van der Waals surface area contributed by atoms with E-state index in [9.17, 15) is 9.59 Å². The van der Waals surface area contributed by atoms with Crippen LogP contribution in [-0.2, 0) is 16.8 Å². The summed E-state index contributed by atoms with van der Waals surface area (Å²) in [5.41, 5.74) is 2.56. The fraction of sp³-hybridized carbons (Fsp3) is 0.261. The smallest absolute Gasteiger partial charge is 0.262 e. The molecule has 7 nitrogen and oxygen atoms in total. The first-order chi connectivity index (χ1) is 14.5. The highest BCUT2D eigenvalue weighted by molar-refractivity contribution is 5.91. The molecule has 30 heavy (non-hydrogen) atoms. The zero-order valence-electron chi connectivity index (χ0n) is 16.8. The molecule has 150 valence electrons. The van der Waals surface area contributed by atoms with Gasteiger partial charge in [-0.3, -0.25) is 14.2 Å². The summed E-state index contributed by atoms with van der Waals surface area (Å²) in [6, 6.07) is 14.8. The number of likely N-dealkylation sites (N-methyl/N-ethyl adjacent to an activating group) is 1. The fourth-order valence-electron chi connectivity index (χ4n) is 5.19. The maximum Gasteiger partial charge on any atom is 0.262 e. The van der Waals surface area contributed by atoms with Crippen LogP contribution in [0.1, 0.15) is 23.1 Å². The Hall–Kier alpha value is -3.45. The lowest BCUT2D eigenvalue weighted by Crippen LogP contribution is -2.61. The van der Waals surface area contributed by atoms with Crippen LogP contribution in [0.3, 0.4) is 0 Å². The Bertz CT molecular complexity index is 1420. The second kappa shape index (κ2) is 5.79. The van der Waals surface area contributed by atoms with Gasteiger partial charge in [0.05, 0.1) is 16.6 Å². The van der Waals surface area contributed by atoms with Gasteiger partial charge >= 0.3 is 0 Å². The van der Waals surface area contributed by atoms with E-state index in [4.69, 9.17) is 4.98 Å². The van der Waals surface area contributed by atoms with Crippen molar-refractivity contribution in [2.75, 3.05) is 20.6 Å². The molecule has 0 saturated heterocycles. The molecule has 5 heterocycles. The van der Waals surface area contributed by atoms with Crippen molar-refractivity contribution < 1.29 is 4.79 Å². The predicted molar refractivity (Wildman–Crippen MR) is 115 cm³/mol. The van der Waals surface area contributed by atoms with E-state index in [2.05, 4.69) is 16.4 Å². The quantitative estimate of drug-likeness (QED) is 0.539. The number of aromatic amines is 1. The number of carbonyl (C=O) groups is 1. The second-order valence-corrected chi connectivity index (χ2v) is 8.50. The Morgan fingerprint density at radius 2 is 1.83 bits per heavy atom. The van der Waals surface area contributed by atoms with Crippen LogP contribution in [0.2, 0.25) is 0 Å². The number of H-pyrrole nitrogens is 1. The van der Waals surface area contributed by atoms with Gasteiger partial charge in [0.25, 0.3) is 5.56 Å². The zero-order chi connectivity index (χ0) is 20.6. The maximum absolute atomic E-state index is 13.5. The fourth-order valence-corrected chi connectivity index (χ4v) is 5.19. The molecule has 0 spiro atoms. The molecule has 0 saturated carbocycles. The average molecular weight is 399 g/mol. The third kappa shape index (κ3) is 2.10. The number of hydrogen-bond acceptors (Lipinski definition) is 4. The summed E-state index contributed by atoms with van der Waals surface area (Å²) in [6.07, 6.45) is 0.452. The van der Waals surface area contributed by atoms with E-state index < -0.39 is 11.6 Å². The Morgan fingerprint density at radius 3 is 2.63 bits per heavy atom. The van der Waals surface area contributed by atoms with Gasteiger partial charge in [0.2, 0.25) is 5.91 Å². The van der Waals surface area contributed by atoms with Gasteiger partial charge < -0.3 is 15.2 Å². The van der Waals surface area contributed by atoms with Crippen molar-refractivity contribution in [3.05, 3.63) is 76.0 Å². The summed E-state index contributed by atoms with van der Waals surface area (Å²) in [6.45, 7) is 0.482. The van der Waals surface area contributed by atoms with Gasteiger partial charge in [-0.25, -0.2) is 4.98 Å². The van der Waals surface area contributed by atoms with E-state index in [1.807, 2.05) is 55.4 Å². The molecule has 7 heteroatoms. The standard InChI is InChI=1S/C23H21N5O2/c1-27(2)12-23-19-15(13-7-3-5-9-16(13)24-19)11-18(20(29)26-23)28-21(30)14-8-4-6-10-17(14)25-22(23)28/h3-10,18,24H,11-12H2,1-2H3,(H,26,29). The number of amides is 1. The van der Waals surface area contributed by atoms with E-state index in [0.29, 0.717) is 29.7 Å². The Balaban J connectivity index is 1.79. The average Bonchev–Trinajstić information content (AvgIpc) is 3.00. The van der Waals surface area contributed by atoms with E-state index >= 15 is 0 Å². The number of benzene rings is 2. The molecule has 0 radical (unpaired) electrons. The van der Waals surface area contributed by atoms with Crippen molar-refractivity contribution in [3.63, 3.8) is 0 Å². The van der Waals surface area contributed by atoms with Crippen molar-refractivity contribution in [2.24, 2.45) is 0 Å². The summed E-state index contributed by atoms with van der Waals surface area (Å²) in [4.78, 5) is 37.4. The Morgan fingerprint density at radius 1 is 1.10 bits per heavy atom. The van der Waals surface area contributed by atoms with Gasteiger partial charge in [0, 0.05) is 23.9 Å². The molecule has 2 N–H and O–H groups in total. The number of para-hydroxylation sites is 2. The molecule has 0 fully saturated rings. The lowest BCUT2D eigenvalue weighted by molar-refractivity contribution is -0.127. The van der Waals surface area contributed by atoms with Crippen LogP contribution in [0, 0.1) is 0 Å². The molecule has 2 aromatic carbocycles. The number of rotatable bonds is 2. The van der Waals surface area contributed by atoms with Crippen LogP contribution < -0.4 is 10.9 Å². The summed E-state index contributed by atoms with van der Waals surface area (Å²) in [5, 5.41) is 4.88. The lowest BCUT2D eigenvalue weighted by atomic mass is 9.90. The summed E-state index contributed by atoms with van der Waals surface area (Å²) >= 11 is 0. The van der Waals surface area contributed by atoms with Gasteiger partial charge in [-0.05, 0) is 37.9 Å². The first kappa shape index (κ1) is 17.4. The van der Waals surface area contributed by atoms with E-state index in [1.165, 1.54) is 0 Å². The second-order valence-electron chi connectivity index (χ2n) is 8.50. The van der Waals surface area contributed by atoms with E-state index in [1.54, 1.807) is 10.6 Å². The van der Waals surface area contributed by atoms with Crippen LogP contribution in [-0.4, -0.2) is 46.0 Å². The molecule has 2 aromatic heterocycles. The monoisotopic (exact) mass is 399 g/mol. The van der Waals surface area contributed by atoms with Gasteiger partial charge in [-0.15, -0.1) is 0 Å². The van der Waals surface area contributed by atoms with Crippen molar-refractivity contribution in [3.8, 4) is 0 Å². The van der Waals surface area contributed by atoms with Crippen LogP contribution in [0.4, 0.5) is 0 Å². The lowest BCUT2D eigenvalue weighted by Gasteiger charge is -2.40. The van der Waals surface area contributed by atoms with Crippen LogP contribution in [0.15, 0.2) is 53.3 Å². The highest BCUT2D eigenvalue weighted by Gasteiger charge is 2.53. The first-order valence-electron chi connectivity index (χ1n) is 10.1. The van der Waals surface area contributed by atoms with Crippen molar-refractivity contribution in [1.82, 2.24) is 24.8 Å². The minimum Gasteiger partial charge on any atom is -0.356 e. The number of aromatic nitrogens is 3. The molecule has 2 bridgehead atoms. The predicted octanol–water partition coefficient (Wildman–Crippen LogP) is 1.91. The minimum absolute atomic E-state index is 0.141. The van der Waals surface area contributed by atoms with Crippen LogP contribution in [0.5, 0.6) is 0 Å². The number of nitrogens with zero attached hydrogens (tertiary/aromatic N) is 3. The molecule has 1 amide bonds. The molecule has 0 aliphatic carbocycles. The topological polar surface area (TPSA) is 83.0 Å². The molecular formula is C23H21N5O2. The minimum atomic E-state index is -0.939. The molecule has 7 rings (SSSR count). The number of hydrogen-bond donors (Lipinski definition) is 2. The molecule has 2 atom stereocenters. The Kier molecular flexibility index (Phi) is 3.36. The van der Waals surface area contributed by atoms with Gasteiger partial charge in [-0.2, -0.15) is 0 Å². The normalized spacial score (nSPS) is 22.2. The van der Waals surface area contributed by atoms with E-state index in [0.717, 1.165) is 22.2 Å². The summed E-state index contributed by atoms with van der Waals surface area (Å²) in [5.74, 6) is 0.451. The van der Waals surface area contributed by atoms with Crippen LogP contribution >= 0.6 is 0 Å². The van der Waals surface area contributed by atoms with Gasteiger partial charge in [-0.1, -0.05) is 30.3 Å². The van der Waals surface area contributed by atoms with Gasteiger partial charge in [0.15, 0.2) is 5.54 Å². The maximum atomic E-state index is 13.5. The first-order valence-corrected chi connectivity index (χ1v) is 10.1. The third-order valence-electron chi connectivity index (χ3n) is 6.33. The highest BCUT2D eigenvalue weighted by atomic mass is 16.2. The number of nitrogens with one attached hydrogen (secondary N) is 2. The third-order valence-corrected chi connectivity index (χ3v) is 6.33. The van der Waals surface area contributed by atoms with Crippen molar-refractivity contribution in [1.29, 1.82) is 0 Å². The summed E-state index contributed by atoms with van der Waals surface area (Å²) < 4.78 is 1.63. The van der Waals surface area contributed by atoms with Crippen LogP contribution in [0.25, 0.3) is 21.8 Å². The molecular weight excluding hydrogens is 378 g/mol. The number of carbonyl (C=O) groups excluding carboxylic acids is 1. The molecule has 4 aromatic rings. The van der Waals surface area contributed by atoms with Crippen molar-refractivity contribution in [2.45, 2.75) is 18.0 Å². The molecule has 3 aliphatic rings. The van der Waals surface area contributed by atoms with Gasteiger partial charge in [0.1, 0.15) is 11.9 Å². The highest BCUT2D eigenvalue weighted by Crippen LogP contribution is 2.43. The zero-order valence-corrected chi connectivity index (χ0v) is 16.8. The largest absolute Gasteiger partial charge is 0.356 e. The Labute approximate surface area is 172 Å². The number of fused-ring (bicyclic) bond motifs is 3.